The second kappa shape index (κ2) is 4.60. The van der Waals surface area contributed by atoms with Gasteiger partial charge >= 0.3 is 0 Å². The predicted octanol–water partition coefficient (Wildman–Crippen LogP) is 1.67. The van der Waals surface area contributed by atoms with Crippen LogP contribution in [0.3, 0.4) is 0 Å². The summed E-state index contributed by atoms with van der Waals surface area (Å²) >= 11 is 0. The van der Waals surface area contributed by atoms with Crippen LogP contribution < -0.4 is 20.9 Å². The average Bonchev–Trinajstić information content (AvgIpc) is 2.46. The minimum Gasteiger partial charge on any atom is -0.508 e. The van der Waals surface area contributed by atoms with Gasteiger partial charge in [-0.25, -0.2) is 4.99 Å². The number of phenols is 1. The Hall–Kier alpha value is -1.87. The molecule has 2 nitrogen and oxygen atoms in total. The molecular weight excluding hydrogens is 262 g/mol. The maximum absolute atomic E-state index is 9.88. The number of nitrogens with zero attached hydrogens (tertiary/aromatic N) is 1. The van der Waals surface area contributed by atoms with Crippen molar-refractivity contribution in [1.82, 2.24) is 0 Å². The van der Waals surface area contributed by atoms with Crippen LogP contribution in [0.5, 0.6) is 5.75 Å². The zero-order chi connectivity index (χ0) is 14.3. The summed E-state index contributed by atoms with van der Waals surface area (Å²) in [7, 11) is -1.83. The average molecular weight is 281 g/mol. The third kappa shape index (κ3) is 1.73. The lowest BCUT2D eigenvalue weighted by atomic mass is 10.2. The van der Waals surface area contributed by atoms with Crippen LogP contribution in [0.4, 0.5) is 5.69 Å². The number of rotatable bonds is 2. The molecule has 1 heterocycles. The molecular formula is C17H19NOSi. The van der Waals surface area contributed by atoms with Gasteiger partial charge in [-0.1, -0.05) is 44.6 Å². The van der Waals surface area contributed by atoms with Gasteiger partial charge in [-0.2, -0.15) is 0 Å². The molecule has 1 aliphatic rings. The van der Waals surface area contributed by atoms with Crippen LogP contribution in [0.25, 0.3) is 6.58 Å². The zero-order valence-electron chi connectivity index (χ0n) is 12.0. The van der Waals surface area contributed by atoms with Crippen molar-refractivity contribution in [2.75, 3.05) is 0 Å². The Morgan fingerprint density at radius 1 is 1.05 bits per heavy atom. The summed E-state index contributed by atoms with van der Waals surface area (Å²) in [5.74, 6) is 0.340. The molecule has 0 atom stereocenters. The highest BCUT2D eigenvalue weighted by molar-refractivity contribution is 7.03. The van der Waals surface area contributed by atoms with E-state index in [1.54, 1.807) is 6.07 Å². The van der Waals surface area contributed by atoms with E-state index in [9.17, 15) is 5.11 Å². The van der Waals surface area contributed by atoms with Crippen molar-refractivity contribution < 1.29 is 5.11 Å². The van der Waals surface area contributed by atoms with Gasteiger partial charge < -0.3 is 5.11 Å². The molecule has 3 rings (SSSR count). The molecule has 102 valence electrons. The molecule has 0 unspecified atom stereocenters. The molecule has 1 N–H and O–H groups in total. The summed E-state index contributed by atoms with van der Waals surface area (Å²) in [5, 5.41) is 14.6. The number of hydrogen-bond acceptors (Lipinski definition) is 2. The standard InChI is InChI=1S/C17H19NOSi/c1-4-20(5-2)16-10-12(3)6-8-14(16)18-15-9-7-13(19)11-17(15)20/h6-11,19H,3-5H2,1-2H3. The van der Waals surface area contributed by atoms with E-state index >= 15 is 0 Å². The van der Waals surface area contributed by atoms with Crippen LogP contribution in [0.15, 0.2) is 41.4 Å². The summed E-state index contributed by atoms with van der Waals surface area (Å²) < 4.78 is 0. The minimum absolute atomic E-state index is 0.340. The van der Waals surface area contributed by atoms with Crippen LogP contribution in [0.2, 0.25) is 12.1 Å². The Morgan fingerprint density at radius 3 is 2.50 bits per heavy atom. The maximum Gasteiger partial charge on any atom is 0.123 e. The molecule has 1 aliphatic heterocycles. The first kappa shape index (κ1) is 13.1. The van der Waals surface area contributed by atoms with Crippen molar-refractivity contribution in [2.45, 2.75) is 25.9 Å². The second-order valence-corrected chi connectivity index (χ2v) is 10.1. The number of benzene rings is 2. The molecule has 0 saturated heterocycles. The van der Waals surface area contributed by atoms with Crippen molar-refractivity contribution in [1.29, 1.82) is 0 Å². The zero-order valence-corrected chi connectivity index (χ0v) is 13.0. The van der Waals surface area contributed by atoms with Gasteiger partial charge in [0.1, 0.15) is 13.8 Å². The van der Waals surface area contributed by atoms with Crippen LogP contribution >= 0.6 is 0 Å². The van der Waals surface area contributed by atoms with Gasteiger partial charge in [0.05, 0.1) is 11.0 Å². The Bertz CT molecular complexity index is 778. The number of hydrogen-bond donors (Lipinski definition) is 1. The topological polar surface area (TPSA) is 32.6 Å². The first-order chi connectivity index (χ1) is 9.60. The van der Waals surface area contributed by atoms with Crippen LogP contribution in [0.1, 0.15) is 13.8 Å². The summed E-state index contributed by atoms with van der Waals surface area (Å²) in [4.78, 5) is 4.78. The number of fused-ring (bicyclic) bond motifs is 2. The molecule has 20 heavy (non-hydrogen) atoms. The van der Waals surface area contributed by atoms with Crippen molar-refractivity contribution in [2.24, 2.45) is 4.99 Å². The van der Waals surface area contributed by atoms with Gasteiger partial charge in [0.2, 0.25) is 0 Å². The first-order valence-corrected chi connectivity index (χ1v) is 9.54. The summed E-state index contributed by atoms with van der Waals surface area (Å²) in [6.07, 6.45) is 0. The number of phenolic OH excluding ortho intramolecular Hbond substituents is 1. The van der Waals surface area contributed by atoms with Gasteiger partial charge in [0.25, 0.3) is 0 Å². The largest absolute Gasteiger partial charge is 0.508 e. The molecule has 2 aromatic rings. The van der Waals surface area contributed by atoms with Crippen molar-refractivity contribution in [3.63, 3.8) is 0 Å². The van der Waals surface area contributed by atoms with Crippen LogP contribution in [-0.4, -0.2) is 13.2 Å². The highest BCUT2D eigenvalue weighted by Gasteiger charge is 2.39. The van der Waals surface area contributed by atoms with E-state index in [2.05, 4.69) is 32.6 Å². The molecule has 0 radical (unpaired) electrons. The number of aromatic hydroxyl groups is 1. The van der Waals surface area contributed by atoms with E-state index in [0.717, 1.165) is 28.4 Å². The third-order valence-electron chi connectivity index (χ3n) is 4.52. The third-order valence-corrected chi connectivity index (χ3v) is 9.80. The molecule has 0 aliphatic carbocycles. The fraction of sp³-hybridized carbons (Fsp3) is 0.235. The maximum atomic E-state index is 9.88. The Morgan fingerprint density at radius 2 is 1.80 bits per heavy atom. The monoisotopic (exact) mass is 281 g/mol. The van der Waals surface area contributed by atoms with Crippen molar-refractivity contribution in [3.8, 4) is 5.75 Å². The van der Waals surface area contributed by atoms with E-state index in [0.29, 0.717) is 5.75 Å². The Kier molecular flexibility index (Phi) is 3.02. The fourth-order valence-corrected chi connectivity index (χ4v) is 7.81. The molecule has 0 saturated carbocycles. The summed E-state index contributed by atoms with van der Waals surface area (Å²) in [6.45, 7) is 8.58. The molecule has 0 spiro atoms. The van der Waals surface area contributed by atoms with E-state index in [4.69, 9.17) is 4.99 Å². The molecule has 0 aromatic heterocycles. The predicted molar refractivity (Wildman–Crippen MR) is 86.5 cm³/mol. The lowest BCUT2D eigenvalue weighted by Gasteiger charge is -2.34. The lowest BCUT2D eigenvalue weighted by molar-refractivity contribution is 0.476. The van der Waals surface area contributed by atoms with Crippen molar-refractivity contribution >= 4 is 30.7 Å². The van der Waals surface area contributed by atoms with Gasteiger partial charge in [-0.15, -0.1) is 0 Å². The van der Waals surface area contributed by atoms with Gasteiger partial charge in [0.15, 0.2) is 0 Å². The molecule has 2 aromatic carbocycles. The quantitative estimate of drug-likeness (QED) is 0.835. The Labute approximate surface area is 120 Å². The van der Waals surface area contributed by atoms with Gasteiger partial charge in [-0.3, -0.25) is 0 Å². The van der Waals surface area contributed by atoms with E-state index < -0.39 is 8.07 Å². The highest BCUT2D eigenvalue weighted by atomic mass is 28.3. The second-order valence-electron chi connectivity index (χ2n) is 5.45. The summed E-state index contributed by atoms with van der Waals surface area (Å²) in [5.41, 5.74) is 1.03. The Balaban J connectivity index is 2.46. The van der Waals surface area contributed by atoms with Crippen LogP contribution in [0, 0.1) is 0 Å². The molecule has 0 amide bonds. The molecule has 0 bridgehead atoms. The highest BCUT2D eigenvalue weighted by Crippen LogP contribution is 2.25. The molecule has 3 heteroatoms. The SMILES string of the molecule is C=c1ccc2c(c1)[Si](CC)(CC)c1cc(O)ccc1N=2. The van der Waals surface area contributed by atoms with Gasteiger partial charge in [0, 0.05) is 0 Å². The van der Waals surface area contributed by atoms with Crippen LogP contribution in [-0.2, 0) is 0 Å². The first-order valence-electron chi connectivity index (χ1n) is 7.12. The van der Waals surface area contributed by atoms with E-state index in [1.165, 1.54) is 10.4 Å². The normalized spacial score (nSPS) is 15.1. The molecule has 0 fully saturated rings. The lowest BCUT2D eigenvalue weighted by Crippen LogP contribution is -2.64. The van der Waals surface area contributed by atoms with Crippen molar-refractivity contribution in [3.05, 3.63) is 47.0 Å². The van der Waals surface area contributed by atoms with Gasteiger partial charge in [-0.05, 0) is 39.9 Å². The smallest absolute Gasteiger partial charge is 0.123 e. The van der Waals surface area contributed by atoms with E-state index in [1.807, 2.05) is 18.2 Å². The minimum atomic E-state index is -1.83. The van der Waals surface area contributed by atoms with E-state index in [-0.39, 0.29) is 0 Å². The summed E-state index contributed by atoms with van der Waals surface area (Å²) in [6, 6.07) is 14.1. The fourth-order valence-electron chi connectivity index (χ4n) is 3.36.